The molecule has 0 aliphatic carbocycles. The molecule has 0 bridgehead atoms. The first-order valence-corrected chi connectivity index (χ1v) is 6.75. The molecule has 2 rings (SSSR count). The van der Waals surface area contributed by atoms with E-state index in [-0.39, 0.29) is 0 Å². The van der Waals surface area contributed by atoms with Crippen LogP contribution in [0.2, 0.25) is 0 Å². The molecule has 20 heavy (non-hydrogen) atoms. The number of rotatable bonds is 5. The Bertz CT molecular complexity index is 575. The van der Waals surface area contributed by atoms with Gasteiger partial charge in [0.2, 0.25) is 0 Å². The van der Waals surface area contributed by atoms with E-state index in [1.54, 1.807) is 16.9 Å². The Balaban J connectivity index is 2.35. The van der Waals surface area contributed by atoms with Crippen molar-refractivity contribution in [3.8, 4) is 5.69 Å². The first-order chi connectivity index (χ1) is 9.63. The van der Waals surface area contributed by atoms with Gasteiger partial charge in [-0.05, 0) is 25.5 Å². The number of aryl methyl sites for hydroxylation is 1. The fraction of sp³-hybridized carbons (Fsp3) is 0.333. The van der Waals surface area contributed by atoms with Gasteiger partial charge in [0.15, 0.2) is 0 Å². The Hall–Kier alpha value is -2.30. The van der Waals surface area contributed by atoms with Crippen molar-refractivity contribution in [1.29, 1.82) is 0 Å². The number of hydrogen-bond donors (Lipinski definition) is 1. The fourth-order valence-corrected chi connectivity index (χ4v) is 2.01. The third kappa shape index (κ3) is 2.99. The molecule has 2 aromatic rings. The number of benzene rings is 1. The fourth-order valence-electron chi connectivity index (χ4n) is 2.01. The van der Waals surface area contributed by atoms with Crippen LogP contribution in [-0.4, -0.2) is 27.5 Å². The van der Waals surface area contributed by atoms with Gasteiger partial charge < -0.3 is 5.11 Å². The average Bonchev–Trinajstić information content (AvgIpc) is 2.89. The smallest absolute Gasteiger partial charge is 0.413 e. The van der Waals surface area contributed by atoms with E-state index in [1.807, 2.05) is 38.1 Å². The minimum Gasteiger partial charge on any atom is -0.465 e. The molecule has 0 spiro atoms. The first-order valence-electron chi connectivity index (χ1n) is 6.75. The molecule has 1 heterocycles. The molecule has 1 amide bonds. The van der Waals surface area contributed by atoms with Crippen LogP contribution in [0, 0.1) is 6.92 Å². The standard InChI is InChI=1S/C15H19N3O2/c1-3-4-11-17(15(19)20)14-9-10-16-18(14)13-7-5-12(2)6-8-13/h5-10H,3-4,11H2,1-2H3,(H,19,20). The molecule has 5 heteroatoms. The van der Waals surface area contributed by atoms with Gasteiger partial charge in [0.25, 0.3) is 0 Å². The highest BCUT2D eigenvalue weighted by atomic mass is 16.4. The zero-order valence-electron chi connectivity index (χ0n) is 11.8. The van der Waals surface area contributed by atoms with Crippen LogP contribution in [0.5, 0.6) is 0 Å². The van der Waals surface area contributed by atoms with Crippen LogP contribution < -0.4 is 4.90 Å². The summed E-state index contributed by atoms with van der Waals surface area (Å²) in [5, 5.41) is 13.6. The summed E-state index contributed by atoms with van der Waals surface area (Å²) in [5.41, 5.74) is 2.02. The lowest BCUT2D eigenvalue weighted by Gasteiger charge is -2.20. The third-order valence-corrected chi connectivity index (χ3v) is 3.14. The predicted octanol–water partition coefficient (Wildman–Crippen LogP) is 3.47. The van der Waals surface area contributed by atoms with E-state index in [9.17, 15) is 9.90 Å². The molecule has 0 aliphatic rings. The van der Waals surface area contributed by atoms with Gasteiger partial charge in [-0.2, -0.15) is 5.10 Å². The molecule has 0 atom stereocenters. The van der Waals surface area contributed by atoms with E-state index in [2.05, 4.69) is 5.10 Å². The first kappa shape index (κ1) is 14.1. The zero-order chi connectivity index (χ0) is 14.5. The molecular weight excluding hydrogens is 254 g/mol. The summed E-state index contributed by atoms with van der Waals surface area (Å²) in [6.07, 6.45) is 2.44. The molecule has 0 aliphatic heterocycles. The van der Waals surface area contributed by atoms with Gasteiger partial charge in [0.1, 0.15) is 5.82 Å². The van der Waals surface area contributed by atoms with Gasteiger partial charge in [0.05, 0.1) is 11.9 Å². The van der Waals surface area contributed by atoms with Crippen LogP contribution in [0.4, 0.5) is 10.6 Å². The molecule has 106 valence electrons. The minimum absolute atomic E-state index is 0.476. The van der Waals surface area contributed by atoms with E-state index in [4.69, 9.17) is 0 Å². The number of unbranched alkanes of at least 4 members (excludes halogenated alkanes) is 1. The zero-order valence-corrected chi connectivity index (χ0v) is 11.8. The highest BCUT2D eigenvalue weighted by Gasteiger charge is 2.18. The Morgan fingerprint density at radius 3 is 2.60 bits per heavy atom. The van der Waals surface area contributed by atoms with E-state index in [0.29, 0.717) is 12.4 Å². The van der Waals surface area contributed by atoms with Gasteiger partial charge in [-0.3, -0.25) is 4.90 Å². The molecule has 1 aromatic heterocycles. The number of nitrogens with zero attached hydrogens (tertiary/aromatic N) is 3. The van der Waals surface area contributed by atoms with Crippen LogP contribution in [-0.2, 0) is 0 Å². The second kappa shape index (κ2) is 6.23. The number of amides is 1. The quantitative estimate of drug-likeness (QED) is 0.907. The summed E-state index contributed by atoms with van der Waals surface area (Å²) in [6, 6.07) is 9.57. The van der Waals surface area contributed by atoms with Crippen molar-refractivity contribution in [2.45, 2.75) is 26.7 Å². The molecule has 0 fully saturated rings. The van der Waals surface area contributed by atoms with Gasteiger partial charge >= 0.3 is 6.09 Å². The lowest BCUT2D eigenvalue weighted by atomic mass is 10.2. The van der Waals surface area contributed by atoms with Crippen LogP contribution in [0.25, 0.3) is 5.69 Å². The maximum atomic E-state index is 11.4. The van der Waals surface area contributed by atoms with Gasteiger partial charge in [-0.25, -0.2) is 9.48 Å². The minimum atomic E-state index is -0.952. The Morgan fingerprint density at radius 1 is 1.30 bits per heavy atom. The van der Waals surface area contributed by atoms with Crippen molar-refractivity contribution in [2.75, 3.05) is 11.4 Å². The summed E-state index contributed by atoms with van der Waals surface area (Å²) in [6.45, 7) is 4.53. The van der Waals surface area contributed by atoms with Crippen molar-refractivity contribution in [1.82, 2.24) is 9.78 Å². The van der Waals surface area contributed by atoms with Crippen molar-refractivity contribution < 1.29 is 9.90 Å². The molecule has 0 radical (unpaired) electrons. The summed E-state index contributed by atoms with van der Waals surface area (Å²) in [7, 11) is 0. The van der Waals surface area contributed by atoms with Crippen molar-refractivity contribution in [3.63, 3.8) is 0 Å². The Morgan fingerprint density at radius 2 is 2.00 bits per heavy atom. The number of hydrogen-bond acceptors (Lipinski definition) is 2. The maximum Gasteiger partial charge on any atom is 0.413 e. The largest absolute Gasteiger partial charge is 0.465 e. The van der Waals surface area contributed by atoms with Crippen LogP contribution in [0.1, 0.15) is 25.3 Å². The van der Waals surface area contributed by atoms with E-state index in [1.165, 1.54) is 4.90 Å². The summed E-state index contributed by atoms with van der Waals surface area (Å²) >= 11 is 0. The van der Waals surface area contributed by atoms with Crippen molar-refractivity contribution in [2.24, 2.45) is 0 Å². The van der Waals surface area contributed by atoms with Gasteiger partial charge in [0, 0.05) is 12.6 Å². The lowest BCUT2D eigenvalue weighted by Crippen LogP contribution is -2.32. The number of carboxylic acid groups (broad SMARTS) is 1. The van der Waals surface area contributed by atoms with Crippen LogP contribution in [0.3, 0.4) is 0 Å². The maximum absolute atomic E-state index is 11.4. The molecule has 0 saturated carbocycles. The number of carbonyl (C=O) groups is 1. The molecule has 0 saturated heterocycles. The predicted molar refractivity (Wildman–Crippen MR) is 78.6 cm³/mol. The summed E-state index contributed by atoms with van der Waals surface area (Å²) in [5.74, 6) is 0.579. The summed E-state index contributed by atoms with van der Waals surface area (Å²) < 4.78 is 1.66. The lowest BCUT2D eigenvalue weighted by molar-refractivity contribution is 0.201. The molecule has 1 N–H and O–H groups in total. The number of anilines is 1. The molecule has 5 nitrogen and oxygen atoms in total. The van der Waals surface area contributed by atoms with Crippen molar-refractivity contribution in [3.05, 3.63) is 42.1 Å². The Kier molecular flexibility index (Phi) is 4.40. The van der Waals surface area contributed by atoms with Gasteiger partial charge in [-0.15, -0.1) is 0 Å². The highest BCUT2D eigenvalue weighted by Crippen LogP contribution is 2.20. The van der Waals surface area contributed by atoms with Crippen molar-refractivity contribution >= 4 is 11.9 Å². The van der Waals surface area contributed by atoms with Gasteiger partial charge in [-0.1, -0.05) is 31.0 Å². The average molecular weight is 273 g/mol. The number of aromatic nitrogens is 2. The highest BCUT2D eigenvalue weighted by molar-refractivity contribution is 5.85. The summed E-state index contributed by atoms with van der Waals surface area (Å²) in [4.78, 5) is 12.8. The van der Waals surface area contributed by atoms with Crippen LogP contribution >= 0.6 is 0 Å². The molecular formula is C15H19N3O2. The third-order valence-electron chi connectivity index (χ3n) is 3.14. The van der Waals surface area contributed by atoms with E-state index < -0.39 is 6.09 Å². The van der Waals surface area contributed by atoms with Crippen LogP contribution in [0.15, 0.2) is 36.5 Å². The monoisotopic (exact) mass is 273 g/mol. The van der Waals surface area contributed by atoms with E-state index >= 15 is 0 Å². The Labute approximate surface area is 118 Å². The molecule has 1 aromatic carbocycles. The second-order valence-electron chi connectivity index (χ2n) is 4.72. The van der Waals surface area contributed by atoms with E-state index in [0.717, 1.165) is 24.1 Å². The molecule has 0 unspecified atom stereocenters. The normalized spacial score (nSPS) is 10.5. The topological polar surface area (TPSA) is 58.4 Å². The SMILES string of the molecule is CCCCN(C(=O)O)c1ccnn1-c1ccc(C)cc1. The second-order valence-corrected chi connectivity index (χ2v) is 4.72.